The summed E-state index contributed by atoms with van der Waals surface area (Å²) >= 11 is 0. The number of rotatable bonds is 3. The van der Waals surface area contributed by atoms with Gasteiger partial charge < -0.3 is 14.3 Å². The van der Waals surface area contributed by atoms with Gasteiger partial charge in [-0.2, -0.15) is 0 Å². The average Bonchev–Trinajstić information content (AvgIpc) is 2.38. The van der Waals surface area contributed by atoms with E-state index < -0.39 is 6.29 Å². The third-order valence-electron chi connectivity index (χ3n) is 1.08. The highest BCUT2D eigenvalue weighted by molar-refractivity contribution is 5.04. The summed E-state index contributed by atoms with van der Waals surface area (Å²) in [5.74, 6) is 0. The first-order chi connectivity index (χ1) is 4.84. The lowest BCUT2D eigenvalue weighted by atomic mass is 10.3. The Morgan fingerprint density at radius 3 is 3.20 bits per heavy atom. The predicted molar refractivity (Wildman–Crippen MR) is 34.1 cm³/mol. The van der Waals surface area contributed by atoms with Crippen LogP contribution < -0.4 is 0 Å². The summed E-state index contributed by atoms with van der Waals surface area (Å²) in [6, 6.07) is 1.61. The lowest BCUT2D eigenvalue weighted by molar-refractivity contribution is -0.0984. The van der Waals surface area contributed by atoms with Crippen molar-refractivity contribution in [3.8, 4) is 0 Å². The molecule has 0 bridgehead atoms. The summed E-state index contributed by atoms with van der Waals surface area (Å²) in [6.07, 6.45) is 3.01. The smallest absolute Gasteiger partial charge is 0.185 e. The van der Waals surface area contributed by atoms with E-state index in [9.17, 15) is 0 Å². The lowest BCUT2D eigenvalue weighted by Gasteiger charge is -2.05. The Hall–Kier alpha value is -0.800. The lowest BCUT2D eigenvalue weighted by Crippen LogP contribution is -2.00. The van der Waals surface area contributed by atoms with Gasteiger partial charge in [-0.1, -0.05) is 0 Å². The maximum Gasteiger partial charge on any atom is 0.185 e. The summed E-state index contributed by atoms with van der Waals surface area (Å²) in [7, 11) is 0. The molecule has 1 N–H and O–H groups in total. The van der Waals surface area contributed by atoms with E-state index in [1.807, 2.05) is 6.92 Å². The van der Waals surface area contributed by atoms with Gasteiger partial charge in [-0.05, 0) is 13.0 Å². The molecule has 3 nitrogen and oxygen atoms in total. The molecule has 1 aromatic heterocycles. The molecule has 0 aromatic carbocycles. The summed E-state index contributed by atoms with van der Waals surface area (Å²) in [5.41, 5.74) is 0.529. The summed E-state index contributed by atoms with van der Waals surface area (Å²) < 4.78 is 9.47. The van der Waals surface area contributed by atoms with Crippen LogP contribution in [0.5, 0.6) is 0 Å². The molecule has 1 heterocycles. The second kappa shape index (κ2) is 3.39. The minimum atomic E-state index is -0.899. The highest BCUT2D eigenvalue weighted by Crippen LogP contribution is 2.12. The molecule has 0 fully saturated rings. The topological polar surface area (TPSA) is 42.6 Å². The number of aliphatic hydroxyl groups excluding tert-OH is 1. The molecule has 1 unspecified atom stereocenters. The van der Waals surface area contributed by atoms with Crippen LogP contribution in [0.4, 0.5) is 0 Å². The Kier molecular flexibility index (Phi) is 2.48. The number of hydrogen-bond donors (Lipinski definition) is 1. The van der Waals surface area contributed by atoms with Crippen LogP contribution in [-0.2, 0) is 4.74 Å². The molecule has 1 atom stereocenters. The number of ether oxygens (including phenoxy) is 1. The van der Waals surface area contributed by atoms with Crippen LogP contribution in [0.2, 0.25) is 0 Å². The van der Waals surface area contributed by atoms with Crippen LogP contribution in [0.25, 0.3) is 0 Å². The van der Waals surface area contributed by atoms with Crippen molar-refractivity contribution in [2.75, 3.05) is 6.61 Å². The largest absolute Gasteiger partial charge is 0.461 e. The van der Waals surface area contributed by atoms with E-state index in [-0.39, 0.29) is 0 Å². The maximum atomic E-state index is 9.10. The minimum Gasteiger partial charge on any atom is -0.461 e. The van der Waals surface area contributed by atoms with Gasteiger partial charge in [0.25, 0.3) is 0 Å². The normalized spacial score (nSPS) is 13.4. The Morgan fingerprint density at radius 2 is 2.70 bits per heavy atom. The fourth-order valence-corrected chi connectivity index (χ4v) is 0.624. The average molecular weight is 141 g/mol. The Bertz CT molecular complexity index is 169. The van der Waals surface area contributed by atoms with E-state index in [2.05, 4.69) is 10.7 Å². The van der Waals surface area contributed by atoms with E-state index in [0.717, 1.165) is 0 Å². The molecule has 0 aliphatic carbocycles. The molecular formula is C7H9O3. The van der Waals surface area contributed by atoms with Gasteiger partial charge in [-0.25, -0.2) is 0 Å². The second-order valence-electron chi connectivity index (χ2n) is 1.79. The first kappa shape index (κ1) is 7.31. The minimum absolute atomic E-state index is 0.472. The molecular weight excluding hydrogens is 132 g/mol. The van der Waals surface area contributed by atoms with Crippen molar-refractivity contribution in [3.05, 3.63) is 24.2 Å². The van der Waals surface area contributed by atoms with Crippen molar-refractivity contribution < 1.29 is 14.3 Å². The SMILES string of the molecule is CCOC(O)c1[c]occ1. The fraction of sp³-hybridized carbons (Fsp3) is 0.429. The third-order valence-corrected chi connectivity index (χ3v) is 1.08. The van der Waals surface area contributed by atoms with Gasteiger partial charge in [0.1, 0.15) is 0 Å². The Morgan fingerprint density at radius 1 is 1.90 bits per heavy atom. The van der Waals surface area contributed by atoms with E-state index in [1.165, 1.54) is 6.26 Å². The van der Waals surface area contributed by atoms with Gasteiger partial charge in [0.05, 0.1) is 11.8 Å². The molecule has 0 aliphatic heterocycles. The zero-order chi connectivity index (χ0) is 7.40. The molecule has 10 heavy (non-hydrogen) atoms. The number of aliphatic hydroxyl groups is 1. The van der Waals surface area contributed by atoms with E-state index >= 15 is 0 Å². The molecule has 3 heteroatoms. The molecule has 0 saturated carbocycles. The van der Waals surface area contributed by atoms with E-state index in [4.69, 9.17) is 9.84 Å². The summed E-state index contributed by atoms with van der Waals surface area (Å²) in [5, 5.41) is 9.10. The van der Waals surface area contributed by atoms with Crippen LogP contribution >= 0.6 is 0 Å². The molecule has 0 aliphatic rings. The fourth-order valence-electron chi connectivity index (χ4n) is 0.624. The van der Waals surface area contributed by atoms with Crippen molar-refractivity contribution in [2.24, 2.45) is 0 Å². The molecule has 55 valence electrons. The van der Waals surface area contributed by atoms with Gasteiger partial charge in [0, 0.05) is 6.61 Å². The second-order valence-corrected chi connectivity index (χ2v) is 1.79. The standard InChI is InChI=1S/C7H9O3/c1-2-10-7(8)6-3-4-9-5-6/h3-4,7-8H,2H2,1H3. The third kappa shape index (κ3) is 1.59. The first-order valence-electron chi connectivity index (χ1n) is 3.09. The quantitative estimate of drug-likeness (QED) is 0.641. The highest BCUT2D eigenvalue weighted by Gasteiger charge is 2.07. The number of furan rings is 1. The maximum absolute atomic E-state index is 9.10. The summed E-state index contributed by atoms with van der Waals surface area (Å²) in [6.45, 7) is 2.28. The van der Waals surface area contributed by atoms with Crippen LogP contribution in [-0.4, -0.2) is 11.7 Å². The number of hydrogen-bond acceptors (Lipinski definition) is 3. The van der Waals surface area contributed by atoms with Crippen molar-refractivity contribution in [1.29, 1.82) is 0 Å². The molecule has 1 rings (SSSR count). The van der Waals surface area contributed by atoms with Gasteiger partial charge >= 0.3 is 0 Å². The first-order valence-corrected chi connectivity index (χ1v) is 3.09. The Labute approximate surface area is 59.2 Å². The molecule has 0 saturated heterocycles. The monoisotopic (exact) mass is 141 g/mol. The predicted octanol–water partition coefficient (Wildman–Crippen LogP) is 1.11. The summed E-state index contributed by atoms with van der Waals surface area (Å²) in [4.78, 5) is 0. The van der Waals surface area contributed by atoms with E-state index in [1.54, 1.807) is 6.07 Å². The van der Waals surface area contributed by atoms with Gasteiger partial charge in [-0.3, -0.25) is 0 Å². The van der Waals surface area contributed by atoms with Gasteiger partial charge in [-0.15, -0.1) is 0 Å². The zero-order valence-corrected chi connectivity index (χ0v) is 5.70. The van der Waals surface area contributed by atoms with Crippen molar-refractivity contribution in [3.63, 3.8) is 0 Å². The van der Waals surface area contributed by atoms with Gasteiger partial charge in [0.15, 0.2) is 12.6 Å². The molecule has 1 radical (unpaired) electrons. The van der Waals surface area contributed by atoms with Crippen LogP contribution in [0.15, 0.2) is 16.7 Å². The van der Waals surface area contributed by atoms with Crippen LogP contribution in [0, 0.1) is 6.26 Å². The van der Waals surface area contributed by atoms with Crippen molar-refractivity contribution >= 4 is 0 Å². The van der Waals surface area contributed by atoms with Gasteiger partial charge in [0.2, 0.25) is 0 Å². The van der Waals surface area contributed by atoms with Crippen LogP contribution in [0.1, 0.15) is 18.8 Å². The zero-order valence-electron chi connectivity index (χ0n) is 5.70. The van der Waals surface area contributed by atoms with Crippen LogP contribution in [0.3, 0.4) is 0 Å². The molecule has 0 spiro atoms. The molecule has 0 amide bonds. The van der Waals surface area contributed by atoms with Crippen molar-refractivity contribution in [1.82, 2.24) is 0 Å². The van der Waals surface area contributed by atoms with Crippen molar-refractivity contribution in [2.45, 2.75) is 13.2 Å². The Balaban J connectivity index is 2.50. The molecule has 1 aromatic rings. The highest BCUT2D eigenvalue weighted by atomic mass is 16.6. The van der Waals surface area contributed by atoms with E-state index in [0.29, 0.717) is 12.2 Å².